The van der Waals surface area contributed by atoms with Crippen molar-refractivity contribution in [2.45, 2.75) is 10.1 Å². The van der Waals surface area contributed by atoms with Gasteiger partial charge in [0.1, 0.15) is 0 Å². The third-order valence-electron chi connectivity index (χ3n) is 3.22. The zero-order chi connectivity index (χ0) is 15.5. The van der Waals surface area contributed by atoms with Crippen LogP contribution in [-0.2, 0) is 5.75 Å². The summed E-state index contributed by atoms with van der Waals surface area (Å²) < 4.78 is 11.6. The second-order valence-electron chi connectivity index (χ2n) is 4.81. The van der Waals surface area contributed by atoms with Gasteiger partial charge in [-0.2, -0.15) is 0 Å². The molecule has 4 nitrogen and oxygen atoms in total. The van der Waals surface area contributed by atoms with Crippen LogP contribution in [0.15, 0.2) is 73.5 Å². The molecule has 0 radical (unpaired) electrons. The summed E-state index contributed by atoms with van der Waals surface area (Å²) in [6.45, 7) is 0. The van der Waals surface area contributed by atoms with Crippen LogP contribution in [0.5, 0.6) is 0 Å². The second-order valence-corrected chi connectivity index (χ2v) is 6.89. The molecular formula is C17H12N2O2S2. The molecule has 0 atom stereocenters. The van der Waals surface area contributed by atoms with Crippen molar-refractivity contribution in [2.24, 2.45) is 0 Å². The Morgan fingerprint density at radius 3 is 2.78 bits per heavy atom. The number of aromatic nitrogens is 2. The summed E-state index contributed by atoms with van der Waals surface area (Å²) in [6, 6.07) is 15.8. The van der Waals surface area contributed by atoms with Gasteiger partial charge in [0.2, 0.25) is 5.76 Å². The molecule has 1 aromatic carbocycles. The molecule has 3 heterocycles. The summed E-state index contributed by atoms with van der Waals surface area (Å²) in [5.41, 5.74) is 3.02. The zero-order valence-corrected chi connectivity index (χ0v) is 13.6. The summed E-state index contributed by atoms with van der Waals surface area (Å²) in [6.07, 6.45) is 1.62. The van der Waals surface area contributed by atoms with Gasteiger partial charge < -0.3 is 8.94 Å². The molecule has 3 aromatic heterocycles. The van der Waals surface area contributed by atoms with Gasteiger partial charge in [0.25, 0.3) is 0 Å². The molecule has 23 heavy (non-hydrogen) atoms. The van der Waals surface area contributed by atoms with Gasteiger partial charge in [-0.05, 0) is 12.1 Å². The molecule has 4 aromatic rings. The summed E-state index contributed by atoms with van der Waals surface area (Å²) in [7, 11) is 0. The minimum atomic E-state index is 0.648. The number of benzene rings is 1. The number of rotatable bonds is 5. The molecule has 0 bridgehead atoms. The number of thioether (sulfide) groups is 1. The van der Waals surface area contributed by atoms with Gasteiger partial charge >= 0.3 is 0 Å². The van der Waals surface area contributed by atoms with Crippen molar-refractivity contribution in [3.8, 4) is 22.8 Å². The maximum absolute atomic E-state index is 5.30. The van der Waals surface area contributed by atoms with Crippen LogP contribution < -0.4 is 0 Å². The maximum atomic E-state index is 5.30. The Kier molecular flexibility index (Phi) is 4.00. The first-order chi connectivity index (χ1) is 11.4. The lowest BCUT2D eigenvalue weighted by atomic mass is 10.2. The number of nitrogens with zero attached hydrogens (tertiary/aromatic N) is 2. The third kappa shape index (κ3) is 3.23. The van der Waals surface area contributed by atoms with Gasteiger partial charge in [0, 0.05) is 22.8 Å². The standard InChI is InChI=1S/C17H12N2O2S2/c1-2-5-12(6-3-1)14-11-23-17(18-14)22-10-13-9-16(21-19-13)15-7-4-8-20-15/h1-9,11H,10H2. The molecule has 114 valence electrons. The van der Waals surface area contributed by atoms with Crippen LogP contribution in [0.4, 0.5) is 0 Å². The Morgan fingerprint density at radius 2 is 1.96 bits per heavy atom. The second kappa shape index (κ2) is 6.44. The molecule has 0 aliphatic carbocycles. The fourth-order valence-electron chi connectivity index (χ4n) is 2.12. The molecule has 0 spiro atoms. The van der Waals surface area contributed by atoms with Gasteiger partial charge in [-0.3, -0.25) is 0 Å². The number of hydrogen-bond donors (Lipinski definition) is 0. The zero-order valence-electron chi connectivity index (χ0n) is 12.0. The summed E-state index contributed by atoms with van der Waals surface area (Å²) in [4.78, 5) is 4.66. The van der Waals surface area contributed by atoms with Gasteiger partial charge in [0.05, 0.1) is 17.7 Å². The number of hydrogen-bond acceptors (Lipinski definition) is 6. The summed E-state index contributed by atoms with van der Waals surface area (Å²) in [5.74, 6) is 2.05. The van der Waals surface area contributed by atoms with Crippen molar-refractivity contribution < 1.29 is 8.94 Å². The first-order valence-corrected chi connectivity index (χ1v) is 8.88. The van der Waals surface area contributed by atoms with E-state index in [1.807, 2.05) is 36.4 Å². The van der Waals surface area contributed by atoms with E-state index in [9.17, 15) is 0 Å². The van der Waals surface area contributed by atoms with Gasteiger partial charge in [-0.1, -0.05) is 47.3 Å². The van der Waals surface area contributed by atoms with Crippen molar-refractivity contribution in [3.05, 3.63) is 65.9 Å². The minimum Gasteiger partial charge on any atom is -0.461 e. The predicted molar refractivity (Wildman–Crippen MR) is 91.3 cm³/mol. The maximum Gasteiger partial charge on any atom is 0.202 e. The van der Waals surface area contributed by atoms with Crippen LogP contribution in [0.3, 0.4) is 0 Å². The lowest BCUT2D eigenvalue weighted by Gasteiger charge is -1.94. The number of thiazole rings is 1. The minimum absolute atomic E-state index is 0.648. The fraction of sp³-hybridized carbons (Fsp3) is 0.0588. The Balaban J connectivity index is 1.43. The monoisotopic (exact) mass is 340 g/mol. The Labute approximate surface area is 141 Å². The highest BCUT2D eigenvalue weighted by atomic mass is 32.2. The predicted octanol–water partition coefficient (Wildman–Crippen LogP) is 5.35. The van der Waals surface area contributed by atoms with E-state index in [4.69, 9.17) is 8.94 Å². The highest BCUT2D eigenvalue weighted by Gasteiger charge is 2.11. The molecule has 0 amide bonds. The van der Waals surface area contributed by atoms with Crippen LogP contribution >= 0.6 is 23.1 Å². The molecule has 0 fully saturated rings. The highest BCUT2D eigenvalue weighted by molar-refractivity contribution is 8.00. The lowest BCUT2D eigenvalue weighted by molar-refractivity contribution is 0.413. The molecule has 0 unspecified atom stereocenters. The molecule has 0 saturated heterocycles. The van der Waals surface area contributed by atoms with E-state index in [1.54, 1.807) is 29.4 Å². The Bertz CT molecular complexity index is 882. The SMILES string of the molecule is c1ccc(-c2csc(SCc3cc(-c4ccco4)on3)n2)cc1. The normalized spacial score (nSPS) is 11.0. The Hall–Kier alpha value is -2.31. The average Bonchev–Trinajstić information content (AvgIpc) is 3.33. The van der Waals surface area contributed by atoms with Gasteiger partial charge in [-0.15, -0.1) is 11.3 Å². The topological polar surface area (TPSA) is 52.1 Å². The van der Waals surface area contributed by atoms with E-state index in [1.165, 1.54) is 0 Å². The molecule has 6 heteroatoms. The van der Waals surface area contributed by atoms with Crippen LogP contribution in [0.1, 0.15) is 5.69 Å². The average molecular weight is 340 g/mol. The van der Waals surface area contributed by atoms with Crippen molar-refractivity contribution in [2.75, 3.05) is 0 Å². The van der Waals surface area contributed by atoms with E-state index in [0.29, 0.717) is 17.3 Å². The largest absolute Gasteiger partial charge is 0.461 e. The van der Waals surface area contributed by atoms with Gasteiger partial charge in [-0.25, -0.2) is 4.98 Å². The van der Waals surface area contributed by atoms with Crippen LogP contribution in [-0.4, -0.2) is 10.1 Å². The first kappa shape index (κ1) is 14.3. The highest BCUT2D eigenvalue weighted by Crippen LogP contribution is 2.31. The van der Waals surface area contributed by atoms with Crippen molar-refractivity contribution in [1.82, 2.24) is 10.1 Å². The molecular weight excluding hydrogens is 328 g/mol. The van der Waals surface area contributed by atoms with Crippen molar-refractivity contribution in [3.63, 3.8) is 0 Å². The molecule has 0 aliphatic heterocycles. The quantitative estimate of drug-likeness (QED) is 0.458. The van der Waals surface area contributed by atoms with E-state index in [2.05, 4.69) is 27.7 Å². The molecule has 4 rings (SSSR count). The van der Waals surface area contributed by atoms with E-state index in [-0.39, 0.29) is 0 Å². The summed E-state index contributed by atoms with van der Waals surface area (Å²) >= 11 is 3.30. The molecule has 0 aliphatic rings. The fourth-order valence-corrected chi connectivity index (χ4v) is 3.83. The van der Waals surface area contributed by atoms with E-state index >= 15 is 0 Å². The molecule has 0 saturated carbocycles. The van der Waals surface area contributed by atoms with Crippen LogP contribution in [0, 0.1) is 0 Å². The van der Waals surface area contributed by atoms with E-state index in [0.717, 1.165) is 21.3 Å². The van der Waals surface area contributed by atoms with Gasteiger partial charge in [0.15, 0.2) is 10.1 Å². The van der Waals surface area contributed by atoms with Crippen LogP contribution in [0.2, 0.25) is 0 Å². The molecule has 0 N–H and O–H groups in total. The smallest absolute Gasteiger partial charge is 0.202 e. The van der Waals surface area contributed by atoms with Crippen molar-refractivity contribution >= 4 is 23.1 Å². The first-order valence-electron chi connectivity index (χ1n) is 7.02. The third-order valence-corrected chi connectivity index (χ3v) is 5.27. The Morgan fingerprint density at radius 1 is 1.04 bits per heavy atom. The lowest BCUT2D eigenvalue weighted by Crippen LogP contribution is -1.80. The van der Waals surface area contributed by atoms with Crippen LogP contribution in [0.25, 0.3) is 22.8 Å². The number of furan rings is 1. The summed E-state index contributed by atoms with van der Waals surface area (Å²) in [5, 5.41) is 6.15. The van der Waals surface area contributed by atoms with E-state index < -0.39 is 0 Å². The van der Waals surface area contributed by atoms with Crippen molar-refractivity contribution in [1.29, 1.82) is 0 Å².